The van der Waals surface area contributed by atoms with Crippen molar-refractivity contribution in [2.24, 2.45) is 5.92 Å². The second-order valence-corrected chi connectivity index (χ2v) is 9.94. The number of aromatic nitrogens is 2. The van der Waals surface area contributed by atoms with Crippen LogP contribution in [0.25, 0.3) is 10.9 Å². The molecule has 0 aliphatic carbocycles. The third-order valence-electron chi connectivity index (χ3n) is 6.51. The van der Waals surface area contributed by atoms with Crippen molar-refractivity contribution >= 4 is 22.6 Å². The lowest BCUT2D eigenvalue weighted by Gasteiger charge is -2.33. The molecule has 3 rings (SSSR count). The van der Waals surface area contributed by atoms with E-state index in [1.165, 1.54) is 5.56 Å². The molecule has 2 amide bonds. The van der Waals surface area contributed by atoms with Crippen LogP contribution in [-0.2, 0) is 11.3 Å². The van der Waals surface area contributed by atoms with E-state index in [2.05, 4.69) is 33.0 Å². The van der Waals surface area contributed by atoms with Crippen molar-refractivity contribution in [2.45, 2.75) is 66.0 Å². The minimum atomic E-state index is -0.368. The second-order valence-electron chi connectivity index (χ2n) is 9.94. The van der Waals surface area contributed by atoms with Gasteiger partial charge in [0.25, 0.3) is 5.56 Å². The minimum absolute atomic E-state index is 0.111. The summed E-state index contributed by atoms with van der Waals surface area (Å²) in [5.41, 5.74) is 2.49. The summed E-state index contributed by atoms with van der Waals surface area (Å²) in [5, 5.41) is 3.64. The number of carbonyl (C=O) groups is 1. The predicted molar refractivity (Wildman–Crippen MR) is 147 cm³/mol. The third-order valence-corrected chi connectivity index (χ3v) is 6.51. The van der Waals surface area contributed by atoms with E-state index in [4.69, 9.17) is 9.72 Å². The van der Waals surface area contributed by atoms with Crippen molar-refractivity contribution in [3.63, 3.8) is 0 Å². The molecule has 0 radical (unpaired) electrons. The zero-order chi connectivity index (χ0) is 26.2. The summed E-state index contributed by atoms with van der Waals surface area (Å²) in [6.45, 7) is 11.9. The molecule has 1 unspecified atom stereocenters. The monoisotopic (exact) mass is 492 g/mol. The fraction of sp³-hybridized carbons (Fsp3) is 0.483. The van der Waals surface area contributed by atoms with E-state index >= 15 is 0 Å². The first kappa shape index (κ1) is 27.4. The van der Waals surface area contributed by atoms with E-state index in [1.54, 1.807) is 17.7 Å². The molecule has 2 aromatic carbocycles. The number of para-hydroxylation sites is 1. The number of carbonyl (C=O) groups excluding carboxylic acids is 1. The number of amides is 2. The van der Waals surface area contributed by atoms with E-state index in [0.717, 1.165) is 12.1 Å². The van der Waals surface area contributed by atoms with Crippen LogP contribution in [-0.4, -0.2) is 40.7 Å². The van der Waals surface area contributed by atoms with Gasteiger partial charge >= 0.3 is 6.03 Å². The zero-order valence-electron chi connectivity index (χ0n) is 22.5. The number of urea groups is 1. The highest BCUT2D eigenvalue weighted by Gasteiger charge is 2.28. The number of fused-ring (bicyclic) bond motifs is 1. The van der Waals surface area contributed by atoms with Crippen molar-refractivity contribution in [1.82, 2.24) is 14.5 Å². The number of nitrogens with zero attached hydrogens (tertiary/aromatic N) is 3. The highest BCUT2D eigenvalue weighted by Crippen LogP contribution is 2.26. The van der Waals surface area contributed by atoms with Gasteiger partial charge in [0.05, 0.1) is 30.1 Å². The van der Waals surface area contributed by atoms with E-state index in [0.29, 0.717) is 54.7 Å². The molecule has 7 nitrogen and oxygen atoms in total. The maximum Gasteiger partial charge on any atom is 0.322 e. The summed E-state index contributed by atoms with van der Waals surface area (Å²) in [6.07, 6.45) is 1.46. The number of anilines is 1. The summed E-state index contributed by atoms with van der Waals surface area (Å²) < 4.78 is 6.97. The van der Waals surface area contributed by atoms with Crippen LogP contribution in [0.5, 0.6) is 0 Å². The van der Waals surface area contributed by atoms with Crippen LogP contribution in [0, 0.1) is 5.92 Å². The van der Waals surface area contributed by atoms with Crippen molar-refractivity contribution in [1.29, 1.82) is 0 Å². The van der Waals surface area contributed by atoms with Gasteiger partial charge in [0.2, 0.25) is 0 Å². The van der Waals surface area contributed by atoms with Gasteiger partial charge in [-0.1, -0.05) is 58.9 Å². The molecule has 1 aromatic heterocycles. The summed E-state index contributed by atoms with van der Waals surface area (Å²) in [6, 6.07) is 14.8. The molecule has 1 N–H and O–H groups in total. The van der Waals surface area contributed by atoms with E-state index in [9.17, 15) is 9.59 Å². The number of ether oxygens (including phenoxy) is 1. The van der Waals surface area contributed by atoms with Gasteiger partial charge in [0.1, 0.15) is 5.82 Å². The molecule has 7 heteroatoms. The predicted octanol–water partition coefficient (Wildman–Crippen LogP) is 6.20. The standard InChI is InChI=1S/C29H40N4O3/c1-7-26(27-31-25-11-9-8-10-24(25)28(34)33(27)18-19-36-6)32(17-16-20(2)3)29(35)30-23-14-12-22(13-15-23)21(4)5/h8-15,20-21,26H,7,16-19H2,1-6H3,(H,30,35). The van der Waals surface area contributed by atoms with Crippen molar-refractivity contribution in [2.75, 3.05) is 25.6 Å². The Morgan fingerprint density at radius 1 is 1.08 bits per heavy atom. The number of hydrogen-bond acceptors (Lipinski definition) is 4. The first-order chi connectivity index (χ1) is 17.3. The third kappa shape index (κ3) is 6.52. The normalized spacial score (nSPS) is 12.3. The molecule has 1 heterocycles. The molecule has 0 saturated carbocycles. The second kappa shape index (κ2) is 12.7. The Bertz CT molecular complexity index is 1200. The van der Waals surface area contributed by atoms with Crippen molar-refractivity contribution < 1.29 is 9.53 Å². The van der Waals surface area contributed by atoms with Gasteiger partial charge in [0.15, 0.2) is 0 Å². The smallest absolute Gasteiger partial charge is 0.322 e. The fourth-order valence-corrected chi connectivity index (χ4v) is 4.32. The van der Waals surface area contributed by atoms with E-state index in [1.807, 2.05) is 54.3 Å². The number of rotatable bonds is 11. The highest BCUT2D eigenvalue weighted by atomic mass is 16.5. The lowest BCUT2D eigenvalue weighted by Crippen LogP contribution is -2.42. The summed E-state index contributed by atoms with van der Waals surface area (Å²) in [4.78, 5) is 33.9. The van der Waals surface area contributed by atoms with Crippen LogP contribution in [0.15, 0.2) is 53.3 Å². The molecular formula is C29H40N4O3. The Morgan fingerprint density at radius 2 is 1.78 bits per heavy atom. The lowest BCUT2D eigenvalue weighted by molar-refractivity contribution is 0.166. The SMILES string of the molecule is CCC(c1nc2ccccc2c(=O)n1CCOC)N(CCC(C)C)C(=O)Nc1ccc(C(C)C)cc1. The summed E-state index contributed by atoms with van der Waals surface area (Å²) >= 11 is 0. The van der Waals surface area contributed by atoms with Crippen LogP contribution in [0.2, 0.25) is 0 Å². The van der Waals surface area contributed by atoms with Crippen LogP contribution in [0.4, 0.5) is 10.5 Å². The molecule has 36 heavy (non-hydrogen) atoms. The molecule has 0 bridgehead atoms. The molecule has 194 valence electrons. The topological polar surface area (TPSA) is 76.5 Å². The molecule has 0 saturated heterocycles. The maximum atomic E-state index is 13.7. The quantitative estimate of drug-likeness (QED) is 0.346. The first-order valence-corrected chi connectivity index (χ1v) is 12.9. The zero-order valence-corrected chi connectivity index (χ0v) is 22.5. The molecular weight excluding hydrogens is 452 g/mol. The molecule has 3 aromatic rings. The van der Waals surface area contributed by atoms with Gasteiger partial charge in [-0.3, -0.25) is 9.36 Å². The van der Waals surface area contributed by atoms with Crippen molar-refractivity contribution in [3.05, 3.63) is 70.3 Å². The molecule has 1 atom stereocenters. The Labute approximate surface area is 214 Å². The molecule has 0 spiro atoms. The van der Waals surface area contributed by atoms with E-state index in [-0.39, 0.29) is 17.6 Å². The van der Waals surface area contributed by atoms with Gasteiger partial charge in [-0.05, 0) is 54.5 Å². The molecule has 0 fully saturated rings. The molecule has 0 aliphatic rings. The number of hydrogen-bond donors (Lipinski definition) is 1. The van der Waals surface area contributed by atoms with Crippen LogP contribution >= 0.6 is 0 Å². The maximum absolute atomic E-state index is 13.7. The van der Waals surface area contributed by atoms with Gasteiger partial charge in [0, 0.05) is 19.3 Å². The Morgan fingerprint density at radius 3 is 2.39 bits per heavy atom. The van der Waals surface area contributed by atoms with Gasteiger partial charge in [-0.15, -0.1) is 0 Å². The summed E-state index contributed by atoms with van der Waals surface area (Å²) in [5.74, 6) is 1.43. The Kier molecular flexibility index (Phi) is 9.65. The van der Waals surface area contributed by atoms with Gasteiger partial charge in [-0.2, -0.15) is 0 Å². The fourth-order valence-electron chi connectivity index (χ4n) is 4.32. The number of benzene rings is 2. The Balaban J connectivity index is 2.03. The minimum Gasteiger partial charge on any atom is -0.383 e. The summed E-state index contributed by atoms with van der Waals surface area (Å²) in [7, 11) is 1.61. The first-order valence-electron chi connectivity index (χ1n) is 12.9. The average molecular weight is 493 g/mol. The van der Waals surface area contributed by atoms with Crippen molar-refractivity contribution in [3.8, 4) is 0 Å². The largest absolute Gasteiger partial charge is 0.383 e. The van der Waals surface area contributed by atoms with Gasteiger partial charge in [-0.25, -0.2) is 9.78 Å². The van der Waals surface area contributed by atoms with Crippen LogP contribution < -0.4 is 10.9 Å². The lowest BCUT2D eigenvalue weighted by atomic mass is 10.0. The number of methoxy groups -OCH3 is 1. The van der Waals surface area contributed by atoms with Gasteiger partial charge < -0.3 is 15.0 Å². The highest BCUT2D eigenvalue weighted by molar-refractivity contribution is 5.89. The van der Waals surface area contributed by atoms with Crippen LogP contribution in [0.3, 0.4) is 0 Å². The molecule has 0 aliphatic heterocycles. The van der Waals surface area contributed by atoms with E-state index < -0.39 is 0 Å². The average Bonchev–Trinajstić information content (AvgIpc) is 2.86. The van der Waals surface area contributed by atoms with Crippen LogP contribution in [0.1, 0.15) is 70.8 Å². The Hall–Kier alpha value is -3.19. The number of nitrogens with one attached hydrogen (secondary N) is 1.